The lowest BCUT2D eigenvalue weighted by molar-refractivity contribution is -0.119. The third-order valence-electron chi connectivity index (χ3n) is 3.67. The van der Waals surface area contributed by atoms with Crippen LogP contribution >= 0.6 is 0 Å². The lowest BCUT2D eigenvalue weighted by atomic mass is 10.1. The molecule has 1 atom stereocenters. The van der Waals surface area contributed by atoms with Gasteiger partial charge in [-0.15, -0.1) is 0 Å². The topological polar surface area (TPSA) is 56.0 Å². The summed E-state index contributed by atoms with van der Waals surface area (Å²) in [6, 6.07) is 0. The molecule has 0 aliphatic heterocycles. The van der Waals surface area contributed by atoms with Crippen molar-refractivity contribution in [3.8, 4) is 0 Å². The molecule has 86 valence electrons. The fourth-order valence-electron chi connectivity index (χ4n) is 2.09. The van der Waals surface area contributed by atoms with E-state index in [1.54, 1.807) is 0 Å². The van der Waals surface area contributed by atoms with Gasteiger partial charge in [0.15, 0.2) is 5.82 Å². The number of hydrogen-bond acceptors (Lipinski definition) is 4. The summed E-state index contributed by atoms with van der Waals surface area (Å²) in [7, 11) is 0. The van der Waals surface area contributed by atoms with E-state index < -0.39 is 0 Å². The molecule has 2 saturated carbocycles. The first kappa shape index (κ1) is 10.00. The zero-order valence-electron chi connectivity index (χ0n) is 9.69. The number of ketones is 1. The van der Waals surface area contributed by atoms with Crippen LogP contribution in [0.25, 0.3) is 0 Å². The van der Waals surface area contributed by atoms with Gasteiger partial charge in [-0.2, -0.15) is 4.98 Å². The molecule has 4 heteroatoms. The molecular formula is C12H16N2O2. The van der Waals surface area contributed by atoms with Crippen LogP contribution < -0.4 is 0 Å². The zero-order valence-corrected chi connectivity index (χ0v) is 9.69. The first-order chi connectivity index (χ1) is 7.56. The van der Waals surface area contributed by atoms with Crippen molar-refractivity contribution in [2.24, 2.45) is 11.3 Å². The van der Waals surface area contributed by atoms with Gasteiger partial charge in [0.1, 0.15) is 5.78 Å². The second-order valence-electron chi connectivity index (χ2n) is 5.71. The summed E-state index contributed by atoms with van der Waals surface area (Å²) in [6.45, 7) is 4.39. The first-order valence-corrected chi connectivity index (χ1v) is 5.91. The minimum absolute atomic E-state index is 0.255. The fourth-order valence-corrected chi connectivity index (χ4v) is 2.09. The summed E-state index contributed by atoms with van der Waals surface area (Å²) in [5.41, 5.74) is 0.307. The average Bonchev–Trinajstić information content (AvgIpc) is 3.09. The van der Waals surface area contributed by atoms with Crippen LogP contribution in [0.15, 0.2) is 4.52 Å². The molecule has 1 aromatic heterocycles. The third-order valence-corrected chi connectivity index (χ3v) is 3.67. The number of nitrogens with zero attached hydrogens (tertiary/aromatic N) is 2. The molecule has 0 spiro atoms. The van der Waals surface area contributed by atoms with E-state index in [0.29, 0.717) is 23.6 Å². The molecule has 1 heterocycles. The Bertz CT molecular complexity index is 432. The van der Waals surface area contributed by atoms with Gasteiger partial charge < -0.3 is 4.52 Å². The molecule has 0 bridgehead atoms. The van der Waals surface area contributed by atoms with Crippen molar-refractivity contribution >= 4 is 5.78 Å². The van der Waals surface area contributed by atoms with Gasteiger partial charge >= 0.3 is 0 Å². The Balaban J connectivity index is 1.66. The highest BCUT2D eigenvalue weighted by molar-refractivity contribution is 5.84. The molecule has 1 aromatic rings. The lowest BCUT2D eigenvalue weighted by Gasteiger charge is -1.95. The van der Waals surface area contributed by atoms with E-state index in [2.05, 4.69) is 24.0 Å². The maximum atomic E-state index is 11.6. The minimum atomic E-state index is 0.255. The predicted molar refractivity (Wildman–Crippen MR) is 56.9 cm³/mol. The maximum absolute atomic E-state index is 11.6. The van der Waals surface area contributed by atoms with Crippen molar-refractivity contribution in [2.45, 2.75) is 45.4 Å². The van der Waals surface area contributed by atoms with Crippen molar-refractivity contribution in [2.75, 3.05) is 0 Å². The summed E-state index contributed by atoms with van der Waals surface area (Å²) in [5, 5.41) is 3.97. The van der Waals surface area contributed by atoms with Crippen molar-refractivity contribution in [1.82, 2.24) is 10.1 Å². The Morgan fingerprint density at radius 1 is 1.50 bits per heavy atom. The van der Waals surface area contributed by atoms with Crippen LogP contribution in [0.3, 0.4) is 0 Å². The minimum Gasteiger partial charge on any atom is -0.339 e. The first-order valence-electron chi connectivity index (χ1n) is 5.91. The van der Waals surface area contributed by atoms with Gasteiger partial charge in [-0.05, 0) is 24.7 Å². The van der Waals surface area contributed by atoms with Crippen LogP contribution in [0.1, 0.15) is 50.7 Å². The van der Waals surface area contributed by atoms with Crippen LogP contribution in [0, 0.1) is 11.3 Å². The van der Waals surface area contributed by atoms with Crippen molar-refractivity contribution < 1.29 is 9.32 Å². The molecular weight excluding hydrogens is 204 g/mol. The monoisotopic (exact) mass is 220 g/mol. The van der Waals surface area contributed by atoms with E-state index in [9.17, 15) is 4.79 Å². The number of hydrogen-bond donors (Lipinski definition) is 0. The molecule has 0 amide bonds. The van der Waals surface area contributed by atoms with Gasteiger partial charge in [-0.25, -0.2) is 0 Å². The van der Waals surface area contributed by atoms with Gasteiger partial charge in [-0.3, -0.25) is 4.79 Å². The second kappa shape index (κ2) is 3.15. The van der Waals surface area contributed by atoms with Crippen LogP contribution in [-0.2, 0) is 11.2 Å². The van der Waals surface area contributed by atoms with Gasteiger partial charge in [0, 0.05) is 11.8 Å². The highest BCUT2D eigenvalue weighted by Crippen LogP contribution is 2.57. The van der Waals surface area contributed by atoms with E-state index in [1.807, 2.05) is 0 Å². The zero-order chi connectivity index (χ0) is 11.3. The summed E-state index contributed by atoms with van der Waals surface area (Å²) in [5.74, 6) is 2.22. The highest BCUT2D eigenvalue weighted by Gasteiger charge is 2.49. The molecule has 16 heavy (non-hydrogen) atoms. The van der Waals surface area contributed by atoms with Crippen LogP contribution in [0.5, 0.6) is 0 Å². The Labute approximate surface area is 94.4 Å². The Morgan fingerprint density at radius 2 is 2.19 bits per heavy atom. The quantitative estimate of drug-likeness (QED) is 0.779. The number of rotatable bonds is 4. The largest absolute Gasteiger partial charge is 0.339 e. The normalized spacial score (nSPS) is 26.8. The van der Waals surface area contributed by atoms with E-state index in [1.165, 1.54) is 0 Å². The Hall–Kier alpha value is -1.19. The molecule has 2 fully saturated rings. The molecule has 2 aliphatic carbocycles. The van der Waals surface area contributed by atoms with Crippen molar-refractivity contribution in [1.29, 1.82) is 0 Å². The molecule has 4 nitrogen and oxygen atoms in total. The predicted octanol–water partition coefficient (Wildman–Crippen LogP) is 2.10. The molecule has 0 aromatic carbocycles. The lowest BCUT2D eigenvalue weighted by Crippen LogP contribution is -2.05. The summed E-state index contributed by atoms with van der Waals surface area (Å²) >= 11 is 0. The van der Waals surface area contributed by atoms with Crippen LogP contribution in [0.4, 0.5) is 0 Å². The molecule has 1 unspecified atom stereocenters. The smallest absolute Gasteiger partial charge is 0.234 e. The third kappa shape index (κ3) is 1.77. The van der Waals surface area contributed by atoms with Crippen LogP contribution in [0.2, 0.25) is 0 Å². The number of Topliss-reactive ketones (excluding diaryl/α,β-unsaturated/α-hetero) is 1. The van der Waals surface area contributed by atoms with E-state index in [0.717, 1.165) is 25.1 Å². The molecule has 0 saturated heterocycles. The van der Waals surface area contributed by atoms with Gasteiger partial charge in [-0.1, -0.05) is 19.0 Å². The van der Waals surface area contributed by atoms with E-state index >= 15 is 0 Å². The summed E-state index contributed by atoms with van der Waals surface area (Å²) < 4.78 is 5.13. The van der Waals surface area contributed by atoms with Crippen molar-refractivity contribution in [3.63, 3.8) is 0 Å². The van der Waals surface area contributed by atoms with Gasteiger partial charge in [0.25, 0.3) is 0 Å². The second-order valence-corrected chi connectivity index (χ2v) is 5.71. The van der Waals surface area contributed by atoms with E-state index in [4.69, 9.17) is 4.52 Å². The summed E-state index contributed by atoms with van der Waals surface area (Å²) in [6.07, 6.45) is 3.51. The highest BCUT2D eigenvalue weighted by atomic mass is 16.5. The van der Waals surface area contributed by atoms with E-state index in [-0.39, 0.29) is 11.7 Å². The van der Waals surface area contributed by atoms with Crippen LogP contribution in [-0.4, -0.2) is 15.9 Å². The molecule has 3 rings (SSSR count). The number of carbonyl (C=O) groups excluding carboxylic acids is 1. The summed E-state index contributed by atoms with van der Waals surface area (Å²) in [4.78, 5) is 15.9. The Kier molecular flexibility index (Phi) is 1.97. The fraction of sp³-hybridized carbons (Fsp3) is 0.750. The SMILES string of the molecule is CC1(C)CC1c1noc(CC(=O)C2CC2)n1. The Morgan fingerprint density at radius 3 is 2.75 bits per heavy atom. The standard InChI is InChI=1S/C12H16N2O2/c1-12(2)6-8(12)11-13-10(16-14-11)5-9(15)7-3-4-7/h7-8H,3-6H2,1-2H3. The number of aromatic nitrogens is 2. The average molecular weight is 220 g/mol. The van der Waals surface area contributed by atoms with Gasteiger partial charge in [0.05, 0.1) is 6.42 Å². The molecule has 2 aliphatic rings. The van der Waals surface area contributed by atoms with Gasteiger partial charge in [0.2, 0.25) is 5.89 Å². The van der Waals surface area contributed by atoms with Crippen molar-refractivity contribution in [3.05, 3.63) is 11.7 Å². The molecule has 0 radical (unpaired) electrons. The molecule has 0 N–H and O–H groups in total. The maximum Gasteiger partial charge on any atom is 0.234 e. The number of carbonyl (C=O) groups is 1.